The number of nitrogens with zero attached hydrogens (tertiary/aromatic N) is 4. The highest BCUT2D eigenvalue weighted by Crippen LogP contribution is 2.28. The summed E-state index contributed by atoms with van der Waals surface area (Å²) in [5, 5.41) is 10.1. The van der Waals surface area contributed by atoms with E-state index < -0.39 is 11.9 Å². The number of halogens is 3. The predicted octanol–water partition coefficient (Wildman–Crippen LogP) is 1.65. The fraction of sp³-hybridized carbons (Fsp3) is 0.462. The van der Waals surface area contributed by atoms with Gasteiger partial charge in [-0.25, -0.2) is 0 Å². The summed E-state index contributed by atoms with van der Waals surface area (Å²) in [5.41, 5.74) is 0.277. The van der Waals surface area contributed by atoms with Gasteiger partial charge in [0.05, 0.1) is 6.20 Å². The van der Waals surface area contributed by atoms with Crippen LogP contribution in [0.1, 0.15) is 23.4 Å². The van der Waals surface area contributed by atoms with Crippen molar-refractivity contribution >= 4 is 5.91 Å². The quantitative estimate of drug-likeness (QED) is 0.912. The van der Waals surface area contributed by atoms with Crippen LogP contribution < -0.4 is 5.32 Å². The van der Waals surface area contributed by atoms with Crippen LogP contribution in [0.2, 0.25) is 0 Å². The van der Waals surface area contributed by atoms with Crippen LogP contribution in [0.4, 0.5) is 13.2 Å². The van der Waals surface area contributed by atoms with Gasteiger partial charge in [0.25, 0.3) is 0 Å². The van der Waals surface area contributed by atoms with Crippen LogP contribution in [-0.4, -0.2) is 25.5 Å². The first-order valence-corrected chi connectivity index (χ1v) is 6.61. The third kappa shape index (κ3) is 4.09. The maximum atomic E-state index is 12.5. The van der Waals surface area contributed by atoms with Crippen molar-refractivity contribution in [2.45, 2.75) is 32.6 Å². The summed E-state index contributed by atoms with van der Waals surface area (Å²) < 4.78 is 40.4. The zero-order chi connectivity index (χ0) is 16.3. The van der Waals surface area contributed by atoms with Gasteiger partial charge in [0.15, 0.2) is 5.69 Å². The molecule has 0 spiro atoms. The van der Waals surface area contributed by atoms with Gasteiger partial charge in [-0.05, 0) is 13.0 Å². The second-order valence-electron chi connectivity index (χ2n) is 4.94. The van der Waals surface area contributed by atoms with Crippen molar-refractivity contribution in [1.82, 2.24) is 24.9 Å². The molecule has 2 rings (SSSR count). The highest BCUT2D eigenvalue weighted by Gasteiger charge is 2.34. The Hall–Kier alpha value is -2.32. The monoisotopic (exact) mass is 315 g/mol. The standard InChI is InChI=1S/C13H16F3N5O/c1-9-5-11(13(14,15)16)19-21(9)4-3-12(22)17-6-10-7-18-20(2)8-10/h5,7-8H,3-4,6H2,1-2H3,(H,17,22). The molecule has 120 valence electrons. The van der Waals surface area contributed by atoms with Gasteiger partial charge in [-0.2, -0.15) is 23.4 Å². The van der Waals surface area contributed by atoms with Crippen molar-refractivity contribution in [2.75, 3.05) is 0 Å². The summed E-state index contributed by atoms with van der Waals surface area (Å²) >= 11 is 0. The van der Waals surface area contributed by atoms with Gasteiger partial charge in [0, 0.05) is 44.0 Å². The molecule has 2 heterocycles. The molecule has 0 aromatic carbocycles. The number of carbonyl (C=O) groups is 1. The van der Waals surface area contributed by atoms with Gasteiger partial charge < -0.3 is 5.32 Å². The number of rotatable bonds is 5. The molecular formula is C13H16F3N5O. The van der Waals surface area contributed by atoms with E-state index in [2.05, 4.69) is 15.5 Å². The van der Waals surface area contributed by atoms with Gasteiger partial charge in [-0.1, -0.05) is 0 Å². The summed E-state index contributed by atoms with van der Waals surface area (Å²) in [5.74, 6) is -0.257. The molecule has 2 aromatic heterocycles. The Balaban J connectivity index is 1.85. The summed E-state index contributed by atoms with van der Waals surface area (Å²) in [6, 6.07) is 0.966. The second kappa shape index (κ2) is 6.20. The molecule has 6 nitrogen and oxygen atoms in total. The van der Waals surface area contributed by atoms with E-state index in [-0.39, 0.29) is 18.9 Å². The minimum atomic E-state index is -4.47. The van der Waals surface area contributed by atoms with E-state index in [4.69, 9.17) is 0 Å². The largest absolute Gasteiger partial charge is 0.435 e. The molecule has 0 atom stereocenters. The Morgan fingerprint density at radius 1 is 1.41 bits per heavy atom. The minimum Gasteiger partial charge on any atom is -0.352 e. The molecule has 0 unspecified atom stereocenters. The Kier molecular flexibility index (Phi) is 4.53. The number of alkyl halides is 3. The number of hydrogen-bond acceptors (Lipinski definition) is 3. The highest BCUT2D eigenvalue weighted by atomic mass is 19.4. The van der Waals surface area contributed by atoms with Crippen molar-refractivity contribution in [2.24, 2.45) is 7.05 Å². The van der Waals surface area contributed by atoms with Gasteiger partial charge in [-0.15, -0.1) is 0 Å². The molecule has 0 saturated heterocycles. The number of carbonyl (C=O) groups excluding carboxylic acids is 1. The highest BCUT2D eigenvalue weighted by molar-refractivity contribution is 5.75. The zero-order valence-corrected chi connectivity index (χ0v) is 12.2. The Morgan fingerprint density at radius 2 is 2.14 bits per heavy atom. The number of nitrogens with one attached hydrogen (secondary N) is 1. The average Bonchev–Trinajstić information content (AvgIpc) is 3.00. The predicted molar refractivity (Wildman–Crippen MR) is 71.6 cm³/mol. The number of amides is 1. The fourth-order valence-electron chi connectivity index (χ4n) is 1.93. The van der Waals surface area contributed by atoms with E-state index in [1.165, 1.54) is 11.6 Å². The lowest BCUT2D eigenvalue weighted by Crippen LogP contribution is -2.24. The van der Waals surface area contributed by atoms with Crippen LogP contribution in [0.25, 0.3) is 0 Å². The van der Waals surface area contributed by atoms with E-state index in [1.54, 1.807) is 24.1 Å². The van der Waals surface area contributed by atoms with Crippen LogP contribution in [0.3, 0.4) is 0 Å². The molecular weight excluding hydrogens is 299 g/mol. The topological polar surface area (TPSA) is 64.7 Å². The van der Waals surface area contributed by atoms with Crippen molar-refractivity contribution in [3.63, 3.8) is 0 Å². The summed E-state index contributed by atoms with van der Waals surface area (Å²) in [7, 11) is 1.77. The van der Waals surface area contributed by atoms with E-state index in [0.29, 0.717) is 12.2 Å². The number of hydrogen-bond donors (Lipinski definition) is 1. The normalized spacial score (nSPS) is 11.7. The van der Waals surface area contributed by atoms with Gasteiger partial charge in [0.1, 0.15) is 0 Å². The smallest absolute Gasteiger partial charge is 0.352 e. The van der Waals surface area contributed by atoms with Crippen LogP contribution in [0.15, 0.2) is 18.5 Å². The molecule has 9 heteroatoms. The lowest BCUT2D eigenvalue weighted by atomic mass is 10.3. The first-order valence-electron chi connectivity index (χ1n) is 6.61. The van der Waals surface area contributed by atoms with Crippen molar-refractivity contribution in [3.05, 3.63) is 35.4 Å². The van der Waals surface area contributed by atoms with Crippen molar-refractivity contribution in [3.8, 4) is 0 Å². The second-order valence-corrected chi connectivity index (χ2v) is 4.94. The average molecular weight is 315 g/mol. The van der Waals surface area contributed by atoms with Crippen LogP contribution in [0.5, 0.6) is 0 Å². The fourth-order valence-corrected chi connectivity index (χ4v) is 1.93. The summed E-state index contributed by atoms with van der Waals surface area (Å²) in [6.45, 7) is 1.95. The van der Waals surface area contributed by atoms with Gasteiger partial charge in [0.2, 0.25) is 5.91 Å². The maximum absolute atomic E-state index is 12.5. The van der Waals surface area contributed by atoms with Crippen molar-refractivity contribution in [1.29, 1.82) is 0 Å². The molecule has 0 aliphatic heterocycles. The SMILES string of the molecule is Cc1cc(C(F)(F)F)nn1CCC(=O)NCc1cnn(C)c1. The van der Waals surface area contributed by atoms with Crippen LogP contribution in [0, 0.1) is 6.92 Å². The molecule has 0 radical (unpaired) electrons. The lowest BCUT2D eigenvalue weighted by Gasteiger charge is -2.06. The Bertz CT molecular complexity index is 659. The van der Waals surface area contributed by atoms with E-state index in [9.17, 15) is 18.0 Å². The van der Waals surface area contributed by atoms with Crippen LogP contribution >= 0.6 is 0 Å². The molecule has 0 aliphatic carbocycles. The van der Waals surface area contributed by atoms with E-state index in [0.717, 1.165) is 11.6 Å². The molecule has 2 aromatic rings. The summed E-state index contributed by atoms with van der Waals surface area (Å²) in [4.78, 5) is 11.7. The Morgan fingerprint density at radius 3 is 2.68 bits per heavy atom. The molecule has 0 aliphatic rings. The van der Waals surface area contributed by atoms with Crippen molar-refractivity contribution < 1.29 is 18.0 Å². The minimum absolute atomic E-state index is 0.0556. The van der Waals surface area contributed by atoms with E-state index >= 15 is 0 Å². The number of aromatic nitrogens is 4. The third-order valence-corrected chi connectivity index (χ3v) is 3.07. The lowest BCUT2D eigenvalue weighted by molar-refractivity contribution is -0.141. The molecule has 1 N–H and O–H groups in total. The van der Waals surface area contributed by atoms with Gasteiger partial charge in [-0.3, -0.25) is 14.2 Å². The maximum Gasteiger partial charge on any atom is 0.435 e. The summed E-state index contributed by atoms with van der Waals surface area (Å²) in [6.07, 6.45) is -1.01. The first kappa shape index (κ1) is 16.1. The Labute approximate surface area is 124 Å². The van der Waals surface area contributed by atoms with Gasteiger partial charge >= 0.3 is 6.18 Å². The molecule has 0 saturated carbocycles. The third-order valence-electron chi connectivity index (χ3n) is 3.07. The zero-order valence-electron chi connectivity index (χ0n) is 12.2. The van der Waals surface area contributed by atoms with E-state index in [1.807, 2.05) is 0 Å². The molecule has 22 heavy (non-hydrogen) atoms. The van der Waals surface area contributed by atoms with Crippen LogP contribution in [-0.2, 0) is 31.1 Å². The first-order chi connectivity index (χ1) is 10.3. The molecule has 0 fully saturated rings. The molecule has 0 bridgehead atoms. The molecule has 1 amide bonds. The number of aryl methyl sites for hydroxylation is 3.